The molecule has 0 saturated heterocycles. The number of rotatable bonds is 6. The standard InChI is InChI=1S/C19H17BrN4O2S2/c1-11(2)9-24-18(26)14-7-13(20)3-4-15(14)22-19(24)28-10-16(25)23-17-12(8-21)5-6-27-17/h3-7,11H,9-10H2,1-2H3,(H,23,25). The van der Waals surface area contributed by atoms with Crippen LogP contribution in [0.2, 0.25) is 0 Å². The predicted octanol–water partition coefficient (Wildman–Crippen LogP) is 4.48. The summed E-state index contributed by atoms with van der Waals surface area (Å²) < 4.78 is 2.45. The molecule has 1 aromatic carbocycles. The van der Waals surface area contributed by atoms with E-state index in [-0.39, 0.29) is 23.1 Å². The fourth-order valence-electron chi connectivity index (χ4n) is 2.60. The Bertz CT molecular complexity index is 1130. The summed E-state index contributed by atoms with van der Waals surface area (Å²) in [4.78, 5) is 29.9. The van der Waals surface area contributed by atoms with Gasteiger partial charge in [-0.1, -0.05) is 41.5 Å². The summed E-state index contributed by atoms with van der Waals surface area (Å²) in [5.41, 5.74) is 0.920. The number of hydrogen-bond acceptors (Lipinski definition) is 6. The zero-order valence-corrected chi connectivity index (χ0v) is 18.4. The Morgan fingerprint density at radius 3 is 2.93 bits per heavy atom. The molecule has 3 aromatic rings. The maximum absolute atomic E-state index is 13.0. The van der Waals surface area contributed by atoms with Crippen molar-refractivity contribution in [1.29, 1.82) is 5.26 Å². The first-order valence-corrected chi connectivity index (χ1v) is 11.1. The quantitative estimate of drug-likeness (QED) is 0.418. The van der Waals surface area contributed by atoms with Crippen LogP contribution in [0, 0.1) is 17.2 Å². The highest BCUT2D eigenvalue weighted by molar-refractivity contribution is 9.10. The van der Waals surface area contributed by atoms with Gasteiger partial charge in [0, 0.05) is 11.0 Å². The van der Waals surface area contributed by atoms with E-state index in [0.29, 0.717) is 33.2 Å². The van der Waals surface area contributed by atoms with Gasteiger partial charge in [-0.15, -0.1) is 11.3 Å². The number of thioether (sulfide) groups is 1. The largest absolute Gasteiger partial charge is 0.316 e. The molecule has 1 amide bonds. The minimum Gasteiger partial charge on any atom is -0.316 e. The van der Waals surface area contributed by atoms with Gasteiger partial charge in [0.2, 0.25) is 5.91 Å². The third kappa shape index (κ3) is 4.63. The highest BCUT2D eigenvalue weighted by Crippen LogP contribution is 2.24. The van der Waals surface area contributed by atoms with E-state index in [2.05, 4.69) is 26.2 Å². The second-order valence-electron chi connectivity index (χ2n) is 6.48. The van der Waals surface area contributed by atoms with Crippen LogP contribution in [0.25, 0.3) is 10.9 Å². The number of nitriles is 1. The van der Waals surface area contributed by atoms with E-state index in [9.17, 15) is 9.59 Å². The fourth-order valence-corrected chi connectivity index (χ4v) is 4.52. The molecule has 0 aliphatic rings. The molecule has 2 heterocycles. The van der Waals surface area contributed by atoms with Crippen molar-refractivity contribution in [3.8, 4) is 6.07 Å². The number of fused-ring (bicyclic) bond motifs is 1. The Morgan fingerprint density at radius 2 is 2.21 bits per heavy atom. The monoisotopic (exact) mass is 476 g/mol. The minimum absolute atomic E-state index is 0.0926. The molecular weight excluding hydrogens is 460 g/mol. The predicted molar refractivity (Wildman–Crippen MR) is 117 cm³/mol. The smallest absolute Gasteiger partial charge is 0.262 e. The summed E-state index contributed by atoms with van der Waals surface area (Å²) in [5, 5.41) is 15.1. The Hall–Kier alpha value is -2.15. The van der Waals surface area contributed by atoms with E-state index in [1.807, 2.05) is 26.0 Å². The van der Waals surface area contributed by atoms with Crippen LogP contribution in [0.1, 0.15) is 19.4 Å². The molecule has 0 unspecified atom stereocenters. The summed E-state index contributed by atoms with van der Waals surface area (Å²) >= 11 is 5.91. The number of carbonyl (C=O) groups is 1. The molecule has 2 aromatic heterocycles. The van der Waals surface area contributed by atoms with E-state index in [0.717, 1.165) is 4.47 Å². The third-order valence-electron chi connectivity index (χ3n) is 3.80. The molecule has 144 valence electrons. The van der Waals surface area contributed by atoms with E-state index >= 15 is 0 Å². The highest BCUT2D eigenvalue weighted by Gasteiger charge is 2.15. The lowest BCUT2D eigenvalue weighted by Crippen LogP contribution is -2.26. The number of thiophene rings is 1. The lowest BCUT2D eigenvalue weighted by Gasteiger charge is -2.15. The Labute approximate surface area is 178 Å². The first kappa shape index (κ1) is 20.6. The second-order valence-corrected chi connectivity index (χ2v) is 9.25. The zero-order chi connectivity index (χ0) is 20.3. The van der Waals surface area contributed by atoms with E-state index < -0.39 is 0 Å². The number of anilines is 1. The Balaban J connectivity index is 1.87. The molecule has 28 heavy (non-hydrogen) atoms. The summed E-state index contributed by atoms with van der Waals surface area (Å²) in [6.45, 7) is 4.57. The molecule has 1 N–H and O–H groups in total. The molecule has 0 saturated carbocycles. The van der Waals surface area contributed by atoms with Crippen molar-refractivity contribution in [2.24, 2.45) is 5.92 Å². The molecule has 0 spiro atoms. The maximum Gasteiger partial charge on any atom is 0.262 e. The van der Waals surface area contributed by atoms with Gasteiger partial charge in [0.15, 0.2) is 5.16 Å². The molecule has 0 aliphatic heterocycles. The van der Waals surface area contributed by atoms with E-state index in [1.165, 1.54) is 23.1 Å². The summed E-state index contributed by atoms with van der Waals surface area (Å²) in [6, 6.07) is 9.10. The lowest BCUT2D eigenvalue weighted by molar-refractivity contribution is -0.113. The third-order valence-corrected chi connectivity index (χ3v) is 6.10. The second kappa shape index (κ2) is 8.90. The number of nitrogens with one attached hydrogen (secondary N) is 1. The maximum atomic E-state index is 13.0. The van der Waals surface area contributed by atoms with E-state index in [4.69, 9.17) is 5.26 Å². The fraction of sp³-hybridized carbons (Fsp3) is 0.263. The minimum atomic E-state index is -0.245. The number of aromatic nitrogens is 2. The van der Waals surface area contributed by atoms with Gasteiger partial charge in [0.1, 0.15) is 11.1 Å². The van der Waals surface area contributed by atoms with Crippen molar-refractivity contribution >= 4 is 60.8 Å². The molecule has 0 radical (unpaired) electrons. The van der Waals surface area contributed by atoms with Crippen LogP contribution in [0.5, 0.6) is 0 Å². The van der Waals surface area contributed by atoms with Crippen LogP contribution in [-0.4, -0.2) is 21.2 Å². The van der Waals surface area contributed by atoms with Gasteiger partial charge in [0.25, 0.3) is 5.56 Å². The van der Waals surface area contributed by atoms with Crippen molar-refractivity contribution in [3.63, 3.8) is 0 Å². The van der Waals surface area contributed by atoms with Crippen LogP contribution >= 0.6 is 39.0 Å². The zero-order valence-electron chi connectivity index (χ0n) is 15.2. The van der Waals surface area contributed by atoms with E-state index in [1.54, 1.807) is 28.1 Å². The molecular formula is C19H17BrN4O2S2. The number of amides is 1. The van der Waals surface area contributed by atoms with Crippen LogP contribution < -0.4 is 10.9 Å². The molecule has 0 aliphatic carbocycles. The van der Waals surface area contributed by atoms with Crippen LogP contribution in [0.4, 0.5) is 5.00 Å². The van der Waals surface area contributed by atoms with Crippen molar-refractivity contribution in [2.45, 2.75) is 25.5 Å². The molecule has 0 fully saturated rings. The van der Waals surface area contributed by atoms with Crippen molar-refractivity contribution in [3.05, 3.63) is 50.0 Å². The topological polar surface area (TPSA) is 87.8 Å². The van der Waals surface area contributed by atoms with Crippen LogP contribution in [0.3, 0.4) is 0 Å². The average Bonchev–Trinajstić information content (AvgIpc) is 3.10. The van der Waals surface area contributed by atoms with Gasteiger partial charge in [-0.25, -0.2) is 4.98 Å². The van der Waals surface area contributed by atoms with Crippen molar-refractivity contribution < 1.29 is 4.79 Å². The van der Waals surface area contributed by atoms with Crippen LogP contribution in [-0.2, 0) is 11.3 Å². The van der Waals surface area contributed by atoms with Gasteiger partial charge in [-0.2, -0.15) is 5.26 Å². The van der Waals surface area contributed by atoms with Crippen LogP contribution in [0.15, 0.2) is 44.1 Å². The van der Waals surface area contributed by atoms with Gasteiger partial charge >= 0.3 is 0 Å². The summed E-state index contributed by atoms with van der Waals surface area (Å²) in [6.07, 6.45) is 0. The lowest BCUT2D eigenvalue weighted by atomic mass is 10.2. The number of benzene rings is 1. The van der Waals surface area contributed by atoms with Gasteiger partial charge in [-0.3, -0.25) is 14.2 Å². The number of nitrogens with zero attached hydrogens (tertiary/aromatic N) is 3. The molecule has 3 rings (SSSR count). The number of carbonyl (C=O) groups excluding carboxylic acids is 1. The Kier molecular flexibility index (Phi) is 6.54. The molecule has 0 atom stereocenters. The molecule has 0 bridgehead atoms. The van der Waals surface area contributed by atoms with Gasteiger partial charge in [-0.05, 0) is 35.6 Å². The molecule has 6 nitrogen and oxygen atoms in total. The number of halogens is 1. The van der Waals surface area contributed by atoms with Crippen molar-refractivity contribution in [1.82, 2.24) is 9.55 Å². The highest BCUT2D eigenvalue weighted by atomic mass is 79.9. The first-order valence-electron chi connectivity index (χ1n) is 8.49. The summed E-state index contributed by atoms with van der Waals surface area (Å²) in [5.74, 6) is 0.0989. The SMILES string of the molecule is CC(C)Cn1c(SCC(=O)Nc2sccc2C#N)nc2ccc(Br)cc2c1=O. The summed E-state index contributed by atoms with van der Waals surface area (Å²) in [7, 11) is 0. The van der Waals surface area contributed by atoms with Crippen molar-refractivity contribution in [2.75, 3.05) is 11.1 Å². The average molecular weight is 477 g/mol. The Morgan fingerprint density at radius 1 is 1.43 bits per heavy atom. The van der Waals surface area contributed by atoms with Gasteiger partial charge < -0.3 is 5.32 Å². The normalized spacial score (nSPS) is 11.0. The number of hydrogen-bond donors (Lipinski definition) is 1. The molecule has 9 heteroatoms. The first-order chi connectivity index (χ1) is 13.4. The van der Waals surface area contributed by atoms with Gasteiger partial charge in [0.05, 0.1) is 22.2 Å².